The highest BCUT2D eigenvalue weighted by Gasteiger charge is 2.12. The van der Waals surface area contributed by atoms with Crippen LogP contribution in [0.4, 0.5) is 0 Å². The summed E-state index contributed by atoms with van der Waals surface area (Å²) in [6.45, 7) is 4.48. The highest BCUT2D eigenvalue weighted by molar-refractivity contribution is 5.95. The van der Waals surface area contributed by atoms with E-state index in [1.54, 1.807) is 12.3 Å². The Morgan fingerprint density at radius 2 is 2.16 bits per heavy atom. The molecule has 0 aliphatic carbocycles. The number of carboxylic acid groups (broad SMARTS) is 1. The molecule has 0 spiro atoms. The second kappa shape index (κ2) is 5.52. The lowest BCUT2D eigenvalue weighted by atomic mass is 10.00. The van der Waals surface area contributed by atoms with Gasteiger partial charge in [0.2, 0.25) is 0 Å². The zero-order chi connectivity index (χ0) is 13.8. The topological polar surface area (TPSA) is 59.4 Å². The summed E-state index contributed by atoms with van der Waals surface area (Å²) in [5.41, 5.74) is 2.69. The maximum Gasteiger partial charge on any atom is 0.337 e. The summed E-state index contributed by atoms with van der Waals surface area (Å²) in [6, 6.07) is 7.35. The van der Waals surface area contributed by atoms with E-state index in [2.05, 4.69) is 4.98 Å². The molecule has 98 valence electrons. The van der Waals surface area contributed by atoms with Crippen LogP contribution in [0.2, 0.25) is 0 Å². The van der Waals surface area contributed by atoms with Gasteiger partial charge in [0.25, 0.3) is 0 Å². The number of carbonyl (C=O) groups is 1. The first-order valence-corrected chi connectivity index (χ1v) is 6.04. The van der Waals surface area contributed by atoms with E-state index in [-0.39, 0.29) is 5.56 Å². The molecule has 19 heavy (non-hydrogen) atoms. The van der Waals surface area contributed by atoms with Crippen LogP contribution in [0.5, 0.6) is 5.75 Å². The Labute approximate surface area is 111 Å². The van der Waals surface area contributed by atoms with Gasteiger partial charge in [0.05, 0.1) is 12.2 Å². The van der Waals surface area contributed by atoms with Crippen LogP contribution in [0.1, 0.15) is 22.8 Å². The fourth-order valence-electron chi connectivity index (χ4n) is 1.95. The van der Waals surface area contributed by atoms with Gasteiger partial charge in [0.1, 0.15) is 5.75 Å². The second-order valence-electron chi connectivity index (χ2n) is 4.14. The molecule has 0 saturated carbocycles. The molecular formula is C15H15NO3. The van der Waals surface area contributed by atoms with Crippen molar-refractivity contribution in [1.82, 2.24) is 4.98 Å². The van der Waals surface area contributed by atoms with Crippen LogP contribution in [-0.4, -0.2) is 22.7 Å². The number of benzene rings is 1. The van der Waals surface area contributed by atoms with Crippen molar-refractivity contribution < 1.29 is 14.6 Å². The van der Waals surface area contributed by atoms with Crippen LogP contribution in [-0.2, 0) is 0 Å². The first-order valence-electron chi connectivity index (χ1n) is 6.04. The summed E-state index contributed by atoms with van der Waals surface area (Å²) < 4.78 is 5.48. The molecule has 0 fully saturated rings. The van der Waals surface area contributed by atoms with Gasteiger partial charge in [0.15, 0.2) is 0 Å². The highest BCUT2D eigenvalue weighted by atomic mass is 16.5. The minimum atomic E-state index is -0.977. The van der Waals surface area contributed by atoms with E-state index < -0.39 is 5.97 Å². The summed E-state index contributed by atoms with van der Waals surface area (Å²) in [6.07, 6.45) is 2.96. The summed E-state index contributed by atoms with van der Waals surface area (Å²) in [4.78, 5) is 15.0. The molecule has 1 heterocycles. The van der Waals surface area contributed by atoms with Crippen molar-refractivity contribution >= 4 is 5.97 Å². The van der Waals surface area contributed by atoms with Gasteiger partial charge in [-0.3, -0.25) is 4.98 Å². The van der Waals surface area contributed by atoms with Gasteiger partial charge in [-0.1, -0.05) is 6.07 Å². The van der Waals surface area contributed by atoms with Crippen molar-refractivity contribution in [2.45, 2.75) is 13.8 Å². The minimum absolute atomic E-state index is 0.200. The Morgan fingerprint density at radius 3 is 2.79 bits per heavy atom. The third-order valence-electron chi connectivity index (χ3n) is 2.84. The maximum absolute atomic E-state index is 11.2. The van der Waals surface area contributed by atoms with Crippen LogP contribution in [0.25, 0.3) is 11.1 Å². The van der Waals surface area contributed by atoms with Gasteiger partial charge in [-0.25, -0.2) is 4.79 Å². The van der Waals surface area contributed by atoms with Gasteiger partial charge in [-0.15, -0.1) is 0 Å². The van der Waals surface area contributed by atoms with Gasteiger partial charge in [-0.2, -0.15) is 0 Å². The van der Waals surface area contributed by atoms with E-state index in [4.69, 9.17) is 4.74 Å². The standard InChI is InChI=1S/C15H15NO3/c1-3-19-14-5-4-11(8-10(14)2)12-6-7-16-9-13(12)15(17)18/h4-9H,3H2,1-2H3,(H,17,18). The fourth-order valence-corrected chi connectivity index (χ4v) is 1.95. The van der Waals surface area contributed by atoms with Crippen LogP contribution < -0.4 is 4.74 Å². The number of carboxylic acids is 1. The second-order valence-corrected chi connectivity index (χ2v) is 4.14. The molecule has 1 aromatic carbocycles. The highest BCUT2D eigenvalue weighted by Crippen LogP contribution is 2.28. The molecule has 0 aliphatic heterocycles. The molecule has 1 aromatic heterocycles. The van der Waals surface area contributed by atoms with E-state index >= 15 is 0 Å². The van der Waals surface area contributed by atoms with Crippen molar-refractivity contribution in [1.29, 1.82) is 0 Å². The molecule has 4 nitrogen and oxygen atoms in total. The zero-order valence-electron chi connectivity index (χ0n) is 10.9. The molecule has 0 bridgehead atoms. The van der Waals surface area contributed by atoms with E-state index in [1.165, 1.54) is 6.20 Å². The Morgan fingerprint density at radius 1 is 1.37 bits per heavy atom. The minimum Gasteiger partial charge on any atom is -0.494 e. The van der Waals surface area contributed by atoms with E-state index in [1.807, 2.05) is 32.0 Å². The quantitative estimate of drug-likeness (QED) is 0.914. The number of aromatic carboxylic acids is 1. The van der Waals surface area contributed by atoms with Crippen molar-refractivity contribution in [2.75, 3.05) is 6.61 Å². The van der Waals surface area contributed by atoms with Gasteiger partial charge >= 0.3 is 5.97 Å². The van der Waals surface area contributed by atoms with Crippen LogP contribution in [0.3, 0.4) is 0 Å². The van der Waals surface area contributed by atoms with Crippen molar-refractivity contribution in [3.8, 4) is 16.9 Å². The molecule has 0 saturated heterocycles. The predicted octanol–water partition coefficient (Wildman–Crippen LogP) is 3.15. The lowest BCUT2D eigenvalue weighted by Gasteiger charge is -2.10. The Hall–Kier alpha value is -2.36. The van der Waals surface area contributed by atoms with Crippen LogP contribution in [0, 0.1) is 6.92 Å². The molecule has 0 unspecified atom stereocenters. The SMILES string of the molecule is CCOc1ccc(-c2ccncc2C(=O)O)cc1C. The van der Waals surface area contributed by atoms with E-state index in [0.717, 1.165) is 16.9 Å². The maximum atomic E-state index is 11.2. The zero-order valence-corrected chi connectivity index (χ0v) is 10.9. The Bertz CT molecular complexity index is 608. The lowest BCUT2D eigenvalue weighted by molar-refractivity contribution is 0.0697. The first kappa shape index (κ1) is 13.1. The summed E-state index contributed by atoms with van der Waals surface area (Å²) >= 11 is 0. The number of aryl methyl sites for hydroxylation is 1. The van der Waals surface area contributed by atoms with E-state index in [0.29, 0.717) is 12.2 Å². The molecule has 0 aliphatic rings. The summed E-state index contributed by atoms with van der Waals surface area (Å²) in [5, 5.41) is 9.17. The number of hydrogen-bond acceptors (Lipinski definition) is 3. The van der Waals surface area contributed by atoms with E-state index in [9.17, 15) is 9.90 Å². The number of pyridine rings is 1. The molecular weight excluding hydrogens is 242 g/mol. The van der Waals surface area contributed by atoms with Crippen molar-refractivity contribution in [3.05, 3.63) is 47.8 Å². The van der Waals surface area contributed by atoms with Crippen molar-refractivity contribution in [2.24, 2.45) is 0 Å². The van der Waals surface area contributed by atoms with Crippen LogP contribution in [0.15, 0.2) is 36.7 Å². The fraction of sp³-hybridized carbons (Fsp3) is 0.200. The van der Waals surface area contributed by atoms with Gasteiger partial charge < -0.3 is 9.84 Å². The molecule has 2 aromatic rings. The molecule has 4 heteroatoms. The lowest BCUT2D eigenvalue weighted by Crippen LogP contribution is -2.00. The van der Waals surface area contributed by atoms with Gasteiger partial charge in [0, 0.05) is 12.4 Å². The normalized spacial score (nSPS) is 10.2. The monoisotopic (exact) mass is 257 g/mol. The molecule has 0 amide bonds. The molecule has 2 rings (SSSR count). The third-order valence-corrected chi connectivity index (χ3v) is 2.84. The number of nitrogens with zero attached hydrogens (tertiary/aromatic N) is 1. The molecule has 0 radical (unpaired) electrons. The first-order chi connectivity index (χ1) is 9.13. The average molecular weight is 257 g/mol. The third kappa shape index (κ3) is 2.73. The average Bonchev–Trinajstić information content (AvgIpc) is 2.41. The largest absolute Gasteiger partial charge is 0.494 e. The number of rotatable bonds is 4. The Kier molecular flexibility index (Phi) is 3.80. The van der Waals surface area contributed by atoms with Gasteiger partial charge in [-0.05, 0) is 48.7 Å². The van der Waals surface area contributed by atoms with Crippen molar-refractivity contribution in [3.63, 3.8) is 0 Å². The number of aromatic nitrogens is 1. The Balaban J connectivity index is 2.48. The smallest absolute Gasteiger partial charge is 0.337 e. The number of ether oxygens (including phenoxy) is 1. The van der Waals surface area contributed by atoms with Crippen LogP contribution >= 0.6 is 0 Å². The number of hydrogen-bond donors (Lipinski definition) is 1. The predicted molar refractivity (Wildman–Crippen MR) is 72.5 cm³/mol. The summed E-state index contributed by atoms with van der Waals surface area (Å²) in [5.74, 6) is -0.160. The molecule has 1 N–H and O–H groups in total. The summed E-state index contributed by atoms with van der Waals surface area (Å²) in [7, 11) is 0. The molecule has 0 atom stereocenters.